The summed E-state index contributed by atoms with van der Waals surface area (Å²) in [5, 5.41) is 30.0. The molecule has 11 N–H and O–H groups in total. The second kappa shape index (κ2) is 14.2. The lowest BCUT2D eigenvalue weighted by atomic mass is 9.84. The van der Waals surface area contributed by atoms with Crippen molar-refractivity contribution in [3.8, 4) is 0 Å². The molecule has 8 atom stereocenters. The number of hydrogen-bond donors (Lipinski definition) is 7. The number of allylic oxidation sites excluding steroid dienone is 1. The Morgan fingerprint density at radius 3 is 2.50 bits per heavy atom. The number of ether oxygens (including phenoxy) is 4. The fraction of sp³-hybridized carbons (Fsp3) is 0.895. The highest BCUT2D eigenvalue weighted by Gasteiger charge is 2.45. The highest BCUT2D eigenvalue weighted by molar-refractivity contribution is 5.01. The van der Waals surface area contributed by atoms with Gasteiger partial charge in [0.1, 0.15) is 30.2 Å². The SMILES string of the molecule is CCC(O)C(OCCO)O[C@H]1C(N)CC(N)[C@@H](O[C@@H]2CCC=C(CN)O2)C1O.CN. The highest BCUT2D eigenvalue weighted by Crippen LogP contribution is 2.28. The normalized spacial score (nSPS) is 33.6. The Morgan fingerprint density at radius 2 is 1.90 bits per heavy atom. The fourth-order valence-electron chi connectivity index (χ4n) is 3.45. The van der Waals surface area contributed by atoms with Gasteiger partial charge < -0.3 is 57.2 Å². The van der Waals surface area contributed by atoms with E-state index >= 15 is 0 Å². The van der Waals surface area contributed by atoms with Gasteiger partial charge in [-0.05, 0) is 32.4 Å². The van der Waals surface area contributed by atoms with Gasteiger partial charge in [0.2, 0.25) is 0 Å². The molecule has 11 nitrogen and oxygen atoms in total. The van der Waals surface area contributed by atoms with E-state index in [9.17, 15) is 10.2 Å². The van der Waals surface area contributed by atoms with Crippen LogP contribution in [-0.2, 0) is 18.9 Å². The molecule has 0 aromatic carbocycles. The maximum atomic E-state index is 10.9. The van der Waals surface area contributed by atoms with Crippen LogP contribution in [0.25, 0.3) is 0 Å². The molecule has 1 aliphatic heterocycles. The largest absolute Gasteiger partial charge is 0.468 e. The van der Waals surface area contributed by atoms with Crippen molar-refractivity contribution in [3.63, 3.8) is 0 Å². The lowest BCUT2D eigenvalue weighted by Gasteiger charge is -2.44. The first-order chi connectivity index (χ1) is 14.4. The van der Waals surface area contributed by atoms with Crippen molar-refractivity contribution < 1.29 is 34.3 Å². The number of nitrogens with two attached hydrogens (primary N) is 4. The molecule has 30 heavy (non-hydrogen) atoms. The predicted molar refractivity (Wildman–Crippen MR) is 111 cm³/mol. The number of aliphatic hydroxyl groups is 3. The monoisotopic (exact) mass is 436 g/mol. The third kappa shape index (κ3) is 7.68. The van der Waals surface area contributed by atoms with E-state index in [0.717, 1.165) is 6.42 Å². The van der Waals surface area contributed by atoms with Gasteiger partial charge in [0, 0.05) is 18.5 Å². The summed E-state index contributed by atoms with van der Waals surface area (Å²) in [5.74, 6) is 0.642. The summed E-state index contributed by atoms with van der Waals surface area (Å²) in [7, 11) is 1.50. The van der Waals surface area contributed by atoms with E-state index < -0.39 is 49.1 Å². The molecule has 11 heteroatoms. The van der Waals surface area contributed by atoms with E-state index in [1.54, 1.807) is 6.92 Å². The molecule has 1 fully saturated rings. The maximum Gasteiger partial charge on any atom is 0.200 e. The van der Waals surface area contributed by atoms with Crippen LogP contribution in [0.3, 0.4) is 0 Å². The lowest BCUT2D eigenvalue weighted by molar-refractivity contribution is -0.267. The Kier molecular flexibility index (Phi) is 12.9. The van der Waals surface area contributed by atoms with Gasteiger partial charge in [0.25, 0.3) is 0 Å². The summed E-state index contributed by atoms with van der Waals surface area (Å²) in [5.41, 5.74) is 22.4. The van der Waals surface area contributed by atoms with Crippen LogP contribution in [0.1, 0.15) is 32.6 Å². The molecule has 178 valence electrons. The molecule has 0 spiro atoms. The van der Waals surface area contributed by atoms with E-state index in [2.05, 4.69) is 5.73 Å². The van der Waals surface area contributed by atoms with Crippen molar-refractivity contribution in [1.29, 1.82) is 0 Å². The quantitative estimate of drug-likeness (QED) is 0.184. The summed E-state index contributed by atoms with van der Waals surface area (Å²) < 4.78 is 22.8. The van der Waals surface area contributed by atoms with Crippen molar-refractivity contribution in [3.05, 3.63) is 11.8 Å². The van der Waals surface area contributed by atoms with Gasteiger partial charge in [-0.15, -0.1) is 0 Å². The Morgan fingerprint density at radius 1 is 1.23 bits per heavy atom. The van der Waals surface area contributed by atoms with Crippen LogP contribution >= 0.6 is 0 Å². The van der Waals surface area contributed by atoms with Gasteiger partial charge >= 0.3 is 0 Å². The van der Waals surface area contributed by atoms with E-state index in [0.29, 0.717) is 25.0 Å². The molecule has 1 saturated carbocycles. The Labute approximate surface area is 178 Å². The smallest absolute Gasteiger partial charge is 0.200 e. The van der Waals surface area contributed by atoms with Crippen LogP contribution in [-0.4, -0.2) is 91.2 Å². The zero-order chi connectivity index (χ0) is 22.7. The molecule has 0 radical (unpaired) electrons. The van der Waals surface area contributed by atoms with Crippen LogP contribution in [0.2, 0.25) is 0 Å². The van der Waals surface area contributed by atoms with Crippen molar-refractivity contribution in [2.75, 3.05) is 26.8 Å². The van der Waals surface area contributed by atoms with Gasteiger partial charge in [-0.1, -0.05) is 6.92 Å². The lowest BCUT2D eigenvalue weighted by Crippen LogP contribution is -2.64. The Hall–Kier alpha value is -0.860. The summed E-state index contributed by atoms with van der Waals surface area (Å²) in [6.07, 6.45) is -1.27. The summed E-state index contributed by atoms with van der Waals surface area (Å²) in [4.78, 5) is 0. The topological polar surface area (TPSA) is 202 Å². The molecule has 0 amide bonds. The highest BCUT2D eigenvalue weighted by atomic mass is 16.7. The van der Waals surface area contributed by atoms with Gasteiger partial charge in [-0.3, -0.25) is 0 Å². The fourth-order valence-corrected chi connectivity index (χ4v) is 3.45. The number of aliphatic hydroxyl groups excluding tert-OH is 3. The summed E-state index contributed by atoms with van der Waals surface area (Å²) >= 11 is 0. The minimum atomic E-state index is -1.14. The number of rotatable bonds is 10. The van der Waals surface area contributed by atoms with Gasteiger partial charge in [0.05, 0.1) is 19.8 Å². The summed E-state index contributed by atoms with van der Waals surface area (Å²) in [6.45, 7) is 1.81. The minimum Gasteiger partial charge on any atom is -0.468 e. The molecule has 2 rings (SSSR count). The Bertz CT molecular complexity index is 500. The molecule has 0 saturated heterocycles. The third-order valence-corrected chi connectivity index (χ3v) is 5.03. The standard InChI is InChI=1S/C18H35N3O7.CH5N/c1-2-13(23)18(25-7-6-22)28-17-12(21)8-11(20)16(15(17)24)27-14-5-3-4-10(9-19)26-14;1-2/h4,11-18,22-24H,2-3,5-9,19-21H2,1H3;2H2,1H3/t11?,12?,13?,14-,15?,16-,17+,18?;/m1./s1. The molecule has 2 aliphatic rings. The Balaban J connectivity index is 0.00000218. The van der Waals surface area contributed by atoms with Crippen LogP contribution in [0.4, 0.5) is 0 Å². The second-order valence-corrected chi connectivity index (χ2v) is 7.19. The molecule has 0 aromatic rings. The molecule has 5 unspecified atom stereocenters. The average molecular weight is 437 g/mol. The van der Waals surface area contributed by atoms with Crippen LogP contribution < -0.4 is 22.9 Å². The molecule has 0 aromatic heterocycles. The molecule has 1 aliphatic carbocycles. The molecular formula is C19H40N4O7. The van der Waals surface area contributed by atoms with Crippen LogP contribution in [0.15, 0.2) is 11.8 Å². The van der Waals surface area contributed by atoms with Crippen molar-refractivity contribution in [2.45, 2.75) is 81.7 Å². The van der Waals surface area contributed by atoms with Gasteiger partial charge in [-0.25, -0.2) is 0 Å². The minimum absolute atomic E-state index is 0.0106. The second-order valence-electron chi connectivity index (χ2n) is 7.19. The first-order valence-electron chi connectivity index (χ1n) is 10.4. The van der Waals surface area contributed by atoms with E-state index in [4.69, 9.17) is 41.3 Å². The van der Waals surface area contributed by atoms with Gasteiger partial charge in [0.15, 0.2) is 12.6 Å². The van der Waals surface area contributed by atoms with Gasteiger partial charge in [-0.2, -0.15) is 0 Å². The first-order valence-corrected chi connectivity index (χ1v) is 10.4. The summed E-state index contributed by atoms with van der Waals surface area (Å²) in [6, 6.07) is -1.07. The predicted octanol–water partition coefficient (Wildman–Crippen LogP) is -2.16. The first kappa shape index (κ1) is 27.2. The van der Waals surface area contributed by atoms with Crippen LogP contribution in [0.5, 0.6) is 0 Å². The molecule has 1 heterocycles. The third-order valence-electron chi connectivity index (χ3n) is 5.03. The van der Waals surface area contributed by atoms with Crippen molar-refractivity contribution in [2.24, 2.45) is 22.9 Å². The van der Waals surface area contributed by atoms with Crippen LogP contribution in [0, 0.1) is 0 Å². The van der Waals surface area contributed by atoms with E-state index in [1.165, 1.54) is 7.05 Å². The van der Waals surface area contributed by atoms with E-state index in [-0.39, 0.29) is 19.8 Å². The van der Waals surface area contributed by atoms with Crippen molar-refractivity contribution in [1.82, 2.24) is 0 Å². The maximum absolute atomic E-state index is 10.9. The zero-order valence-corrected chi connectivity index (χ0v) is 17.9. The zero-order valence-electron chi connectivity index (χ0n) is 17.9. The van der Waals surface area contributed by atoms with Crippen molar-refractivity contribution >= 4 is 0 Å². The van der Waals surface area contributed by atoms with E-state index in [1.807, 2.05) is 6.08 Å². The molecule has 0 bridgehead atoms. The number of hydrogen-bond acceptors (Lipinski definition) is 11. The molecular weight excluding hydrogens is 396 g/mol. The average Bonchev–Trinajstić information content (AvgIpc) is 2.77.